The van der Waals surface area contributed by atoms with Crippen LogP contribution >= 0.6 is 22.9 Å². The highest BCUT2D eigenvalue weighted by atomic mass is 35.5. The Labute approximate surface area is 171 Å². The van der Waals surface area contributed by atoms with E-state index >= 15 is 0 Å². The van der Waals surface area contributed by atoms with Crippen molar-refractivity contribution in [2.24, 2.45) is 0 Å². The van der Waals surface area contributed by atoms with Gasteiger partial charge in [0.2, 0.25) is 0 Å². The molecule has 4 aromatic rings. The summed E-state index contributed by atoms with van der Waals surface area (Å²) in [5.74, 6) is -0.956. The largest absolute Gasteiger partial charge is 0.478 e. The monoisotopic (exact) mass is 405 g/mol. The molecule has 3 aromatic carbocycles. The minimum absolute atomic E-state index is 0.265. The molecule has 138 valence electrons. The van der Waals surface area contributed by atoms with Gasteiger partial charge >= 0.3 is 5.97 Å². The molecule has 1 aromatic heterocycles. The molecular formula is C23H16ClNO2S. The number of thiazole rings is 1. The van der Waals surface area contributed by atoms with Gasteiger partial charge < -0.3 is 5.11 Å². The van der Waals surface area contributed by atoms with E-state index in [0.29, 0.717) is 10.6 Å². The van der Waals surface area contributed by atoms with Gasteiger partial charge in [-0.3, -0.25) is 0 Å². The summed E-state index contributed by atoms with van der Waals surface area (Å²) in [7, 11) is 0. The number of halogens is 1. The lowest BCUT2D eigenvalue weighted by atomic mass is 9.94. The summed E-state index contributed by atoms with van der Waals surface area (Å²) >= 11 is 7.74. The van der Waals surface area contributed by atoms with Gasteiger partial charge in [0.05, 0.1) is 11.3 Å². The number of aromatic nitrogens is 1. The number of aromatic carboxylic acids is 1. The lowest BCUT2D eigenvalue weighted by molar-refractivity contribution is 0.0698. The average Bonchev–Trinajstić information content (AvgIpc) is 3.18. The van der Waals surface area contributed by atoms with Crippen LogP contribution in [-0.2, 0) is 0 Å². The Morgan fingerprint density at radius 2 is 1.68 bits per heavy atom. The zero-order chi connectivity index (χ0) is 19.7. The Hall–Kier alpha value is -2.95. The lowest BCUT2D eigenvalue weighted by Crippen LogP contribution is -2.01. The second-order valence-electron chi connectivity index (χ2n) is 6.40. The molecule has 0 bridgehead atoms. The van der Waals surface area contributed by atoms with E-state index < -0.39 is 5.97 Å². The Morgan fingerprint density at radius 1 is 0.964 bits per heavy atom. The van der Waals surface area contributed by atoms with Gasteiger partial charge in [-0.05, 0) is 35.7 Å². The van der Waals surface area contributed by atoms with Gasteiger partial charge in [-0.2, -0.15) is 0 Å². The van der Waals surface area contributed by atoms with Crippen molar-refractivity contribution in [3.63, 3.8) is 0 Å². The summed E-state index contributed by atoms with van der Waals surface area (Å²) in [4.78, 5) is 16.6. The molecule has 0 radical (unpaired) electrons. The number of hydrogen-bond donors (Lipinski definition) is 1. The minimum atomic E-state index is -0.956. The molecule has 0 saturated carbocycles. The van der Waals surface area contributed by atoms with Crippen LogP contribution in [0.4, 0.5) is 0 Å². The summed E-state index contributed by atoms with van der Waals surface area (Å²) in [5, 5.41) is 13.1. The highest BCUT2D eigenvalue weighted by molar-refractivity contribution is 7.13. The Bertz CT molecular complexity index is 1180. The van der Waals surface area contributed by atoms with Crippen LogP contribution in [0.15, 0.2) is 72.1 Å². The van der Waals surface area contributed by atoms with Crippen molar-refractivity contribution in [1.29, 1.82) is 0 Å². The summed E-state index contributed by atoms with van der Waals surface area (Å²) in [6, 6.07) is 20.8. The van der Waals surface area contributed by atoms with Crippen LogP contribution in [0.1, 0.15) is 15.9 Å². The molecule has 1 heterocycles. The predicted molar refractivity (Wildman–Crippen MR) is 115 cm³/mol. The SMILES string of the molecule is Cc1ccccc1-c1ccc(-c2nc(-c3ccccc3Cl)cs2)cc1C(=O)O. The highest BCUT2D eigenvalue weighted by Gasteiger charge is 2.16. The first-order chi connectivity index (χ1) is 13.5. The molecule has 0 aliphatic carbocycles. The Kier molecular flexibility index (Phi) is 4.99. The zero-order valence-corrected chi connectivity index (χ0v) is 16.6. The third kappa shape index (κ3) is 3.44. The molecule has 4 rings (SSSR count). The number of aryl methyl sites for hydroxylation is 1. The van der Waals surface area contributed by atoms with Crippen LogP contribution in [0.25, 0.3) is 33.0 Å². The maximum absolute atomic E-state index is 11.9. The number of carboxylic acids is 1. The first-order valence-electron chi connectivity index (χ1n) is 8.69. The summed E-state index contributed by atoms with van der Waals surface area (Å²) in [6.45, 7) is 1.98. The quantitative estimate of drug-likeness (QED) is 0.406. The second-order valence-corrected chi connectivity index (χ2v) is 7.66. The van der Waals surface area contributed by atoms with Crippen LogP contribution in [0, 0.1) is 6.92 Å². The van der Waals surface area contributed by atoms with Gasteiger partial charge in [0, 0.05) is 21.5 Å². The van der Waals surface area contributed by atoms with Crippen molar-refractivity contribution in [3.05, 3.63) is 88.3 Å². The number of carbonyl (C=O) groups is 1. The molecule has 0 unspecified atom stereocenters. The molecular weight excluding hydrogens is 390 g/mol. The molecule has 0 saturated heterocycles. The maximum atomic E-state index is 11.9. The lowest BCUT2D eigenvalue weighted by Gasteiger charge is -2.10. The molecule has 28 heavy (non-hydrogen) atoms. The van der Waals surface area contributed by atoms with Crippen molar-refractivity contribution in [2.75, 3.05) is 0 Å². The molecule has 0 amide bonds. The van der Waals surface area contributed by atoms with Gasteiger partial charge in [-0.25, -0.2) is 9.78 Å². The fourth-order valence-corrected chi connectivity index (χ4v) is 4.21. The van der Waals surface area contributed by atoms with E-state index in [1.54, 1.807) is 6.07 Å². The van der Waals surface area contributed by atoms with Crippen molar-refractivity contribution >= 4 is 28.9 Å². The third-order valence-electron chi connectivity index (χ3n) is 4.59. The van der Waals surface area contributed by atoms with Gasteiger partial charge in [0.15, 0.2) is 0 Å². The molecule has 0 spiro atoms. The van der Waals surface area contributed by atoms with Crippen LogP contribution in [0.2, 0.25) is 5.02 Å². The van der Waals surface area contributed by atoms with E-state index in [-0.39, 0.29) is 5.56 Å². The van der Waals surface area contributed by atoms with Gasteiger partial charge in [0.25, 0.3) is 0 Å². The van der Waals surface area contributed by atoms with E-state index in [2.05, 4.69) is 4.98 Å². The molecule has 3 nitrogen and oxygen atoms in total. The van der Waals surface area contributed by atoms with Gasteiger partial charge in [0.1, 0.15) is 5.01 Å². The number of hydrogen-bond acceptors (Lipinski definition) is 3. The Balaban J connectivity index is 1.78. The van der Waals surface area contributed by atoms with E-state index in [1.807, 2.05) is 73.0 Å². The van der Waals surface area contributed by atoms with E-state index in [9.17, 15) is 9.90 Å². The first kappa shape index (κ1) is 18.4. The number of carboxylic acid groups (broad SMARTS) is 1. The van der Waals surface area contributed by atoms with E-state index in [0.717, 1.165) is 33.0 Å². The maximum Gasteiger partial charge on any atom is 0.336 e. The number of rotatable bonds is 4. The number of nitrogens with zero attached hydrogens (tertiary/aromatic N) is 1. The fourth-order valence-electron chi connectivity index (χ4n) is 3.16. The van der Waals surface area contributed by atoms with Gasteiger partial charge in [-0.1, -0.05) is 66.2 Å². The van der Waals surface area contributed by atoms with Crippen LogP contribution in [-0.4, -0.2) is 16.1 Å². The van der Waals surface area contributed by atoms with Crippen molar-refractivity contribution in [1.82, 2.24) is 4.98 Å². The first-order valence-corrected chi connectivity index (χ1v) is 9.94. The molecule has 0 aliphatic rings. The zero-order valence-electron chi connectivity index (χ0n) is 15.0. The smallest absolute Gasteiger partial charge is 0.336 e. The molecule has 0 fully saturated rings. The molecule has 1 N–H and O–H groups in total. The van der Waals surface area contributed by atoms with Crippen molar-refractivity contribution in [3.8, 4) is 33.0 Å². The van der Waals surface area contributed by atoms with Crippen LogP contribution < -0.4 is 0 Å². The normalized spacial score (nSPS) is 10.8. The minimum Gasteiger partial charge on any atom is -0.478 e. The molecule has 0 aliphatic heterocycles. The average molecular weight is 406 g/mol. The molecule has 5 heteroatoms. The van der Waals surface area contributed by atoms with Crippen LogP contribution in [0.3, 0.4) is 0 Å². The molecule has 0 atom stereocenters. The topological polar surface area (TPSA) is 50.2 Å². The standard InChI is InChI=1S/C23H16ClNO2S/c1-14-6-2-3-7-16(14)17-11-10-15(12-19(17)23(26)27)22-25-21(13-28-22)18-8-4-5-9-20(18)24/h2-13H,1H3,(H,26,27). The third-order valence-corrected chi connectivity index (χ3v) is 5.81. The van der Waals surface area contributed by atoms with Crippen molar-refractivity contribution < 1.29 is 9.90 Å². The van der Waals surface area contributed by atoms with E-state index in [1.165, 1.54) is 11.3 Å². The van der Waals surface area contributed by atoms with E-state index in [4.69, 9.17) is 11.6 Å². The van der Waals surface area contributed by atoms with Crippen LogP contribution in [0.5, 0.6) is 0 Å². The summed E-state index contributed by atoms with van der Waals surface area (Å²) < 4.78 is 0. The Morgan fingerprint density at radius 3 is 2.39 bits per heavy atom. The highest BCUT2D eigenvalue weighted by Crippen LogP contribution is 2.35. The predicted octanol–water partition coefficient (Wildman–Crippen LogP) is 6.80. The summed E-state index contributed by atoms with van der Waals surface area (Å²) in [6.07, 6.45) is 0. The number of benzene rings is 3. The van der Waals surface area contributed by atoms with Crippen molar-refractivity contribution in [2.45, 2.75) is 6.92 Å². The summed E-state index contributed by atoms with van der Waals surface area (Å²) in [5.41, 5.74) is 5.35. The van der Waals surface area contributed by atoms with Gasteiger partial charge in [-0.15, -0.1) is 11.3 Å². The fraction of sp³-hybridized carbons (Fsp3) is 0.0435. The second kappa shape index (κ2) is 7.58.